The summed E-state index contributed by atoms with van der Waals surface area (Å²) in [4.78, 5) is 36.2. The van der Waals surface area contributed by atoms with Gasteiger partial charge in [0.05, 0.1) is 10.9 Å². The molecule has 0 saturated heterocycles. The molecule has 2 aromatic rings. The number of carboxylic acids is 1. The summed E-state index contributed by atoms with van der Waals surface area (Å²) in [5.74, 6) is -2.03. The highest BCUT2D eigenvalue weighted by atomic mass is 16.4. The smallest absolute Gasteiger partial charge is 0.417 e. The molecule has 0 fully saturated rings. The van der Waals surface area contributed by atoms with Gasteiger partial charge in [-0.2, -0.15) is 0 Å². The Morgan fingerprint density at radius 2 is 2.10 bits per heavy atom. The Labute approximate surface area is 113 Å². The van der Waals surface area contributed by atoms with E-state index in [0.29, 0.717) is 16.8 Å². The molecule has 7 heteroatoms. The summed E-state index contributed by atoms with van der Waals surface area (Å²) in [7, 11) is 0. The highest BCUT2D eigenvalue weighted by Gasteiger charge is 2.30. The third-order valence-corrected chi connectivity index (χ3v) is 2.88. The van der Waals surface area contributed by atoms with Crippen LogP contribution in [0.2, 0.25) is 0 Å². The fraction of sp³-hybridized carbons (Fsp3) is 0.308. The van der Waals surface area contributed by atoms with Crippen molar-refractivity contribution in [3.8, 4) is 0 Å². The molecule has 106 valence electrons. The van der Waals surface area contributed by atoms with E-state index < -0.39 is 23.0 Å². The molecule has 0 aliphatic heterocycles. The number of carbonyl (C=O) groups is 2. The summed E-state index contributed by atoms with van der Waals surface area (Å²) < 4.78 is 4.84. The van der Waals surface area contributed by atoms with E-state index in [0.717, 1.165) is 0 Å². The molecule has 1 amide bonds. The summed E-state index contributed by atoms with van der Waals surface area (Å²) in [6.45, 7) is 2.96. The standard InChI is InChI=1S/C13H14N2O5/c1-13(2,11(17)18)6-10(16)14-7-3-4-9-8(5-7)15-12(19)20-9/h3-5H,6H2,1-2H3,(H,14,16)(H,15,19)(H,17,18). The number of anilines is 1. The van der Waals surface area contributed by atoms with Crippen LogP contribution in [0.4, 0.5) is 5.69 Å². The summed E-state index contributed by atoms with van der Waals surface area (Å²) in [6, 6.07) is 4.67. The first-order chi connectivity index (χ1) is 9.28. The number of nitrogens with one attached hydrogen (secondary N) is 2. The maximum atomic E-state index is 11.8. The largest absolute Gasteiger partial charge is 0.481 e. The number of hydrogen-bond acceptors (Lipinski definition) is 4. The number of aromatic amines is 1. The van der Waals surface area contributed by atoms with Crippen molar-refractivity contribution < 1.29 is 19.1 Å². The third-order valence-electron chi connectivity index (χ3n) is 2.88. The van der Waals surface area contributed by atoms with E-state index in [1.807, 2.05) is 0 Å². The van der Waals surface area contributed by atoms with E-state index in [9.17, 15) is 14.4 Å². The van der Waals surface area contributed by atoms with Gasteiger partial charge in [-0.15, -0.1) is 0 Å². The molecule has 1 heterocycles. The Morgan fingerprint density at radius 3 is 2.75 bits per heavy atom. The second kappa shape index (κ2) is 4.84. The Morgan fingerprint density at radius 1 is 1.40 bits per heavy atom. The molecule has 0 spiro atoms. The van der Waals surface area contributed by atoms with Gasteiger partial charge in [-0.25, -0.2) is 4.79 Å². The van der Waals surface area contributed by atoms with E-state index in [1.54, 1.807) is 18.2 Å². The molecule has 0 unspecified atom stereocenters. The van der Waals surface area contributed by atoms with Crippen molar-refractivity contribution in [3.05, 3.63) is 28.7 Å². The average molecular weight is 278 g/mol. The lowest BCUT2D eigenvalue weighted by Crippen LogP contribution is -2.29. The first-order valence-electron chi connectivity index (χ1n) is 5.94. The minimum Gasteiger partial charge on any atom is -0.481 e. The number of fused-ring (bicyclic) bond motifs is 1. The lowest BCUT2D eigenvalue weighted by molar-refractivity contribution is -0.148. The number of oxazole rings is 1. The number of aliphatic carboxylic acids is 1. The van der Waals surface area contributed by atoms with Crippen LogP contribution in [0.5, 0.6) is 0 Å². The first kappa shape index (κ1) is 13.9. The van der Waals surface area contributed by atoms with Crippen LogP contribution in [-0.4, -0.2) is 22.0 Å². The number of benzene rings is 1. The van der Waals surface area contributed by atoms with Gasteiger partial charge in [0.25, 0.3) is 0 Å². The van der Waals surface area contributed by atoms with Gasteiger partial charge in [-0.3, -0.25) is 14.6 Å². The van der Waals surface area contributed by atoms with Crippen molar-refractivity contribution in [2.75, 3.05) is 5.32 Å². The van der Waals surface area contributed by atoms with Crippen molar-refractivity contribution in [2.24, 2.45) is 5.41 Å². The molecular weight excluding hydrogens is 264 g/mol. The topological polar surface area (TPSA) is 112 Å². The van der Waals surface area contributed by atoms with Crippen LogP contribution in [0.15, 0.2) is 27.4 Å². The van der Waals surface area contributed by atoms with E-state index >= 15 is 0 Å². The molecule has 20 heavy (non-hydrogen) atoms. The average Bonchev–Trinajstić information content (AvgIpc) is 2.67. The van der Waals surface area contributed by atoms with Gasteiger partial charge in [0.1, 0.15) is 0 Å². The number of carboxylic acid groups (broad SMARTS) is 1. The number of carbonyl (C=O) groups excluding carboxylic acids is 1. The SMILES string of the molecule is CC(C)(CC(=O)Nc1ccc2oc(=O)[nH]c2c1)C(=O)O. The molecule has 7 nitrogen and oxygen atoms in total. The zero-order valence-electron chi connectivity index (χ0n) is 11.0. The van der Waals surface area contributed by atoms with Crippen LogP contribution in [-0.2, 0) is 9.59 Å². The van der Waals surface area contributed by atoms with Gasteiger partial charge in [-0.05, 0) is 32.0 Å². The molecule has 0 aliphatic carbocycles. The molecule has 0 radical (unpaired) electrons. The van der Waals surface area contributed by atoms with Crippen LogP contribution >= 0.6 is 0 Å². The summed E-state index contributed by atoms with van der Waals surface area (Å²) in [5, 5.41) is 11.6. The van der Waals surface area contributed by atoms with Crippen LogP contribution in [0, 0.1) is 5.41 Å². The second-order valence-corrected chi connectivity index (χ2v) is 5.14. The number of hydrogen-bond donors (Lipinski definition) is 3. The number of H-pyrrole nitrogens is 1. The minimum atomic E-state index is -1.14. The Kier molecular flexibility index (Phi) is 3.35. The number of amides is 1. The van der Waals surface area contributed by atoms with E-state index in [2.05, 4.69) is 10.3 Å². The molecule has 1 aromatic carbocycles. The van der Waals surface area contributed by atoms with Gasteiger partial charge in [-0.1, -0.05) is 0 Å². The predicted octanol–water partition coefficient (Wildman–Crippen LogP) is 1.56. The van der Waals surface area contributed by atoms with Crippen LogP contribution in [0.1, 0.15) is 20.3 Å². The van der Waals surface area contributed by atoms with Crippen molar-refractivity contribution in [3.63, 3.8) is 0 Å². The lowest BCUT2D eigenvalue weighted by Gasteiger charge is -2.18. The van der Waals surface area contributed by atoms with Crippen molar-refractivity contribution >= 4 is 28.7 Å². The molecule has 2 rings (SSSR count). The van der Waals surface area contributed by atoms with Crippen molar-refractivity contribution in [2.45, 2.75) is 20.3 Å². The monoisotopic (exact) mass is 278 g/mol. The normalized spacial score (nSPS) is 11.5. The van der Waals surface area contributed by atoms with E-state index in [1.165, 1.54) is 13.8 Å². The number of rotatable bonds is 4. The molecule has 0 atom stereocenters. The van der Waals surface area contributed by atoms with Crippen LogP contribution < -0.4 is 11.1 Å². The maximum absolute atomic E-state index is 11.8. The number of aromatic nitrogens is 1. The van der Waals surface area contributed by atoms with Gasteiger partial charge < -0.3 is 14.8 Å². The molecule has 1 aromatic heterocycles. The van der Waals surface area contributed by atoms with Crippen molar-refractivity contribution in [1.29, 1.82) is 0 Å². The first-order valence-corrected chi connectivity index (χ1v) is 5.94. The zero-order chi connectivity index (χ0) is 14.9. The van der Waals surface area contributed by atoms with Crippen molar-refractivity contribution in [1.82, 2.24) is 4.98 Å². The van der Waals surface area contributed by atoms with Gasteiger partial charge in [0.15, 0.2) is 5.58 Å². The fourth-order valence-corrected chi connectivity index (χ4v) is 1.71. The molecule has 0 saturated carbocycles. The van der Waals surface area contributed by atoms with Crippen LogP contribution in [0.3, 0.4) is 0 Å². The Hall–Kier alpha value is -2.57. The molecular formula is C13H14N2O5. The molecule has 0 bridgehead atoms. The Balaban J connectivity index is 2.13. The fourth-order valence-electron chi connectivity index (χ4n) is 1.71. The molecule has 3 N–H and O–H groups in total. The van der Waals surface area contributed by atoms with E-state index in [4.69, 9.17) is 9.52 Å². The summed E-state index contributed by atoms with van der Waals surface area (Å²) in [6.07, 6.45) is -0.151. The zero-order valence-corrected chi connectivity index (χ0v) is 11.0. The van der Waals surface area contributed by atoms with Crippen LogP contribution in [0.25, 0.3) is 11.1 Å². The third kappa shape index (κ3) is 2.87. The minimum absolute atomic E-state index is 0.151. The second-order valence-electron chi connectivity index (χ2n) is 5.14. The van der Waals surface area contributed by atoms with Gasteiger partial charge in [0, 0.05) is 12.1 Å². The highest BCUT2D eigenvalue weighted by Crippen LogP contribution is 2.22. The molecule has 0 aliphatic rings. The van der Waals surface area contributed by atoms with E-state index in [-0.39, 0.29) is 6.42 Å². The quantitative estimate of drug-likeness (QED) is 0.785. The highest BCUT2D eigenvalue weighted by molar-refractivity contribution is 5.95. The predicted molar refractivity (Wildman–Crippen MR) is 71.5 cm³/mol. The van der Waals surface area contributed by atoms with Gasteiger partial charge in [0.2, 0.25) is 5.91 Å². The lowest BCUT2D eigenvalue weighted by atomic mass is 9.89. The summed E-state index contributed by atoms with van der Waals surface area (Å²) >= 11 is 0. The maximum Gasteiger partial charge on any atom is 0.417 e. The van der Waals surface area contributed by atoms with Gasteiger partial charge >= 0.3 is 11.7 Å². The Bertz CT molecular complexity index is 726. The summed E-state index contributed by atoms with van der Waals surface area (Å²) in [5.41, 5.74) is 0.169.